The van der Waals surface area contributed by atoms with Crippen LogP contribution in [-0.4, -0.2) is 54.6 Å². The lowest BCUT2D eigenvalue weighted by Gasteiger charge is -2.74. The molecule has 9 rings (SSSR count). The predicted octanol–water partition coefficient (Wildman–Crippen LogP) is 4.83. The van der Waals surface area contributed by atoms with Crippen molar-refractivity contribution in [3.8, 4) is 11.5 Å². The molecule has 4 bridgehead atoms. The smallest absolute Gasteiger partial charge is 0.165 e. The van der Waals surface area contributed by atoms with Crippen LogP contribution in [0.3, 0.4) is 0 Å². The van der Waals surface area contributed by atoms with Crippen molar-refractivity contribution in [3.63, 3.8) is 0 Å². The summed E-state index contributed by atoms with van der Waals surface area (Å²) in [5.41, 5.74) is 3.64. The standard InChI is InChI=1S/C31H37NO4/c1-34-31-12-11-29(16-23(31)19-35-18-21-5-3-2-4-6-21)25-15-22-9-10-24(33)27-26(22)30(29,28(31)36-27)13-14-32(25)17-20-7-8-20/h2-6,9-10,20,23,25,28,33H,7-8,11-19H2,1H3/t23-,25+,28+,29+,30-,31+/m0/s1. The molecule has 7 aliphatic rings. The summed E-state index contributed by atoms with van der Waals surface area (Å²) >= 11 is 0. The van der Waals surface area contributed by atoms with Crippen LogP contribution in [0, 0.1) is 17.3 Å². The van der Waals surface area contributed by atoms with Crippen molar-refractivity contribution in [2.75, 3.05) is 26.8 Å². The molecule has 1 saturated heterocycles. The van der Waals surface area contributed by atoms with Crippen LogP contribution in [0.1, 0.15) is 55.2 Å². The molecule has 2 aliphatic heterocycles. The first-order valence-corrected chi connectivity index (χ1v) is 14.0. The van der Waals surface area contributed by atoms with E-state index < -0.39 is 0 Å². The Kier molecular flexibility index (Phi) is 4.57. The summed E-state index contributed by atoms with van der Waals surface area (Å²) < 4.78 is 19.9. The summed E-state index contributed by atoms with van der Waals surface area (Å²) in [4.78, 5) is 2.86. The summed E-state index contributed by atoms with van der Waals surface area (Å²) in [7, 11) is 1.88. The van der Waals surface area contributed by atoms with Crippen molar-refractivity contribution >= 4 is 0 Å². The summed E-state index contributed by atoms with van der Waals surface area (Å²) in [5, 5.41) is 11.0. The number of hydrogen-bond acceptors (Lipinski definition) is 5. The molecule has 2 spiro atoms. The maximum absolute atomic E-state index is 11.0. The highest BCUT2D eigenvalue weighted by Crippen LogP contribution is 2.76. The average Bonchev–Trinajstić information content (AvgIpc) is 3.64. The number of benzene rings is 2. The SMILES string of the molecule is CO[C@]12CC[C@@]3(C[C@H]1COCc1ccccc1)[C@H]1Cc4ccc(O)c5c4[C@@]3(CCN1CC1CC1)[C@H]2O5. The average molecular weight is 488 g/mol. The zero-order chi connectivity index (χ0) is 24.1. The number of piperidine rings is 1. The van der Waals surface area contributed by atoms with E-state index in [1.807, 2.05) is 13.2 Å². The van der Waals surface area contributed by atoms with Crippen LogP contribution < -0.4 is 4.74 Å². The van der Waals surface area contributed by atoms with Gasteiger partial charge in [0.15, 0.2) is 11.5 Å². The largest absolute Gasteiger partial charge is 0.504 e. The van der Waals surface area contributed by atoms with Gasteiger partial charge in [-0.05, 0) is 74.6 Å². The summed E-state index contributed by atoms with van der Waals surface area (Å²) in [6.07, 6.45) is 8.21. The van der Waals surface area contributed by atoms with Gasteiger partial charge in [-0.15, -0.1) is 0 Å². The summed E-state index contributed by atoms with van der Waals surface area (Å²) in [5.74, 6) is 2.22. The van der Waals surface area contributed by atoms with Crippen molar-refractivity contribution in [2.24, 2.45) is 17.3 Å². The number of hydrogen-bond donors (Lipinski definition) is 1. The monoisotopic (exact) mass is 487 g/mol. The number of fused-ring (bicyclic) bond motifs is 2. The number of nitrogens with zero attached hydrogens (tertiary/aromatic N) is 1. The van der Waals surface area contributed by atoms with Gasteiger partial charge < -0.3 is 19.3 Å². The van der Waals surface area contributed by atoms with Crippen LogP contribution in [-0.2, 0) is 27.9 Å². The fraction of sp³-hybridized carbons (Fsp3) is 0.613. The van der Waals surface area contributed by atoms with Crippen LogP contribution >= 0.6 is 0 Å². The van der Waals surface area contributed by atoms with Crippen LogP contribution in [0.4, 0.5) is 0 Å². The van der Waals surface area contributed by atoms with Gasteiger partial charge in [0, 0.05) is 42.0 Å². The number of methoxy groups -OCH3 is 1. The van der Waals surface area contributed by atoms with Crippen LogP contribution in [0.15, 0.2) is 42.5 Å². The van der Waals surface area contributed by atoms with Gasteiger partial charge in [-0.2, -0.15) is 0 Å². The normalized spacial score (nSPS) is 39.6. The zero-order valence-corrected chi connectivity index (χ0v) is 21.2. The Hall–Kier alpha value is -2.08. The van der Waals surface area contributed by atoms with Crippen LogP contribution in [0.5, 0.6) is 11.5 Å². The molecule has 1 N–H and O–H groups in total. The second kappa shape index (κ2) is 7.49. The minimum atomic E-state index is -0.387. The van der Waals surface area contributed by atoms with Crippen molar-refractivity contribution in [1.82, 2.24) is 4.90 Å². The highest BCUT2D eigenvalue weighted by Gasteiger charge is 2.80. The molecule has 36 heavy (non-hydrogen) atoms. The van der Waals surface area contributed by atoms with E-state index in [9.17, 15) is 5.11 Å². The predicted molar refractivity (Wildman–Crippen MR) is 136 cm³/mol. The van der Waals surface area contributed by atoms with E-state index in [0.29, 0.717) is 25.0 Å². The maximum Gasteiger partial charge on any atom is 0.165 e. The lowest BCUT2D eigenvalue weighted by Crippen LogP contribution is -2.81. The van der Waals surface area contributed by atoms with Gasteiger partial charge in [-0.25, -0.2) is 0 Å². The van der Waals surface area contributed by atoms with Gasteiger partial charge >= 0.3 is 0 Å². The second-order valence-corrected chi connectivity index (χ2v) is 12.5. The minimum absolute atomic E-state index is 0.0595. The molecule has 5 nitrogen and oxygen atoms in total. The van der Waals surface area contributed by atoms with Crippen molar-refractivity contribution in [1.29, 1.82) is 0 Å². The number of likely N-dealkylation sites (tertiary alicyclic amines) is 1. The Morgan fingerprint density at radius 3 is 2.75 bits per heavy atom. The van der Waals surface area contributed by atoms with Gasteiger partial charge in [0.05, 0.1) is 13.2 Å². The number of aromatic hydroxyl groups is 1. The highest BCUT2D eigenvalue weighted by molar-refractivity contribution is 5.63. The molecular formula is C31H37NO4. The number of phenols is 1. The van der Waals surface area contributed by atoms with E-state index in [1.54, 1.807) is 0 Å². The molecule has 2 heterocycles. The Morgan fingerprint density at radius 2 is 1.94 bits per heavy atom. The molecular weight excluding hydrogens is 450 g/mol. The zero-order valence-electron chi connectivity index (χ0n) is 21.2. The Labute approximate surface area is 213 Å². The van der Waals surface area contributed by atoms with Gasteiger partial charge in [0.25, 0.3) is 0 Å². The molecule has 0 radical (unpaired) electrons. The molecule has 0 amide bonds. The van der Waals surface area contributed by atoms with Crippen LogP contribution in [0.25, 0.3) is 0 Å². The Balaban J connectivity index is 1.22. The lowest BCUT2D eigenvalue weighted by molar-refractivity contribution is -0.283. The van der Waals surface area contributed by atoms with E-state index in [2.05, 4.69) is 41.3 Å². The van der Waals surface area contributed by atoms with Gasteiger partial charge in [0.2, 0.25) is 0 Å². The van der Waals surface area contributed by atoms with E-state index in [0.717, 1.165) is 43.9 Å². The number of rotatable bonds is 7. The molecule has 190 valence electrons. The molecule has 2 aromatic carbocycles. The Morgan fingerprint density at radius 1 is 1.08 bits per heavy atom. The van der Waals surface area contributed by atoms with Crippen molar-refractivity contribution in [2.45, 2.75) is 74.7 Å². The first kappa shape index (κ1) is 22.0. The van der Waals surface area contributed by atoms with Gasteiger partial charge in [-0.3, -0.25) is 4.90 Å². The maximum atomic E-state index is 11.0. The molecule has 6 atom stereocenters. The quantitative estimate of drug-likeness (QED) is 0.606. The third-order valence-corrected chi connectivity index (χ3v) is 11.2. The minimum Gasteiger partial charge on any atom is -0.504 e. The van der Waals surface area contributed by atoms with Crippen molar-refractivity contribution < 1.29 is 19.3 Å². The topological polar surface area (TPSA) is 51.2 Å². The fourth-order valence-electron chi connectivity index (χ4n) is 9.64. The van der Waals surface area contributed by atoms with Gasteiger partial charge in [0.1, 0.15) is 11.7 Å². The van der Waals surface area contributed by atoms with E-state index in [-0.39, 0.29) is 28.5 Å². The molecule has 0 aromatic heterocycles. The first-order valence-electron chi connectivity index (χ1n) is 14.0. The number of ether oxygens (including phenoxy) is 3. The van der Waals surface area contributed by atoms with E-state index >= 15 is 0 Å². The summed E-state index contributed by atoms with van der Waals surface area (Å²) in [6, 6.07) is 15.1. The molecule has 2 aromatic rings. The van der Waals surface area contributed by atoms with Crippen molar-refractivity contribution in [3.05, 3.63) is 59.2 Å². The third-order valence-electron chi connectivity index (χ3n) is 11.2. The molecule has 4 saturated carbocycles. The summed E-state index contributed by atoms with van der Waals surface area (Å²) in [6.45, 7) is 3.69. The molecule has 0 unspecified atom stereocenters. The lowest BCUT2D eigenvalue weighted by atomic mass is 9.35. The molecule has 5 fully saturated rings. The van der Waals surface area contributed by atoms with Gasteiger partial charge in [-0.1, -0.05) is 36.4 Å². The number of phenolic OH excluding ortho intramolecular Hbond substituents is 1. The molecule has 5 aliphatic carbocycles. The Bertz CT molecular complexity index is 1200. The van der Waals surface area contributed by atoms with Crippen LogP contribution in [0.2, 0.25) is 0 Å². The fourth-order valence-corrected chi connectivity index (χ4v) is 9.64. The van der Waals surface area contributed by atoms with E-state index in [1.165, 1.54) is 42.5 Å². The highest BCUT2D eigenvalue weighted by atomic mass is 16.6. The second-order valence-electron chi connectivity index (χ2n) is 12.5. The first-order chi connectivity index (χ1) is 17.6. The van der Waals surface area contributed by atoms with E-state index in [4.69, 9.17) is 14.2 Å². The molecule has 5 heteroatoms. The third kappa shape index (κ3) is 2.62.